The zero-order valence-corrected chi connectivity index (χ0v) is 6.03. The summed E-state index contributed by atoms with van der Waals surface area (Å²) in [4.78, 5) is 0. The average molecular weight is 124 g/mol. The smallest absolute Gasteiger partial charge is 0.109 e. The summed E-state index contributed by atoms with van der Waals surface area (Å²) in [6.45, 7) is 2.45. The van der Waals surface area contributed by atoms with Crippen LogP contribution < -0.4 is 5.32 Å². The van der Waals surface area contributed by atoms with Crippen LogP contribution in [-0.2, 0) is 0 Å². The Morgan fingerprint density at radius 2 is 1.67 bits per heavy atom. The maximum atomic E-state index is 3.41. The topological polar surface area (TPSA) is 12.0 Å². The zero-order valence-electron chi connectivity index (χ0n) is 6.03. The minimum absolute atomic E-state index is 1.22. The summed E-state index contributed by atoms with van der Waals surface area (Å²) >= 11 is 0. The molecule has 1 saturated heterocycles. The molecule has 1 fully saturated rings. The molecule has 2 heteroatoms. The normalized spacial score (nSPS) is 23.1. The minimum Gasteiger partial charge on any atom is -0.317 e. The Hall–Kier alpha value is 0.0249. The molecule has 0 amide bonds. The van der Waals surface area contributed by atoms with Crippen LogP contribution >= 0.6 is 0 Å². The molecule has 1 rings (SSSR count). The van der Waals surface area contributed by atoms with Crippen molar-refractivity contribution in [2.75, 3.05) is 13.1 Å². The molecule has 1 aliphatic heterocycles. The molecule has 0 spiro atoms. The standard InChI is InChI=1S/C7H15BN/c1-2-6-9-7-3-5-8-4-1/h9H,1-7H2. The van der Waals surface area contributed by atoms with Gasteiger partial charge in [0.15, 0.2) is 0 Å². The third-order valence-corrected chi connectivity index (χ3v) is 1.77. The zero-order chi connectivity index (χ0) is 6.36. The highest BCUT2D eigenvalue weighted by molar-refractivity contribution is 6.35. The van der Waals surface area contributed by atoms with Gasteiger partial charge in [-0.05, 0) is 25.9 Å². The summed E-state index contributed by atoms with van der Waals surface area (Å²) < 4.78 is 0. The lowest BCUT2D eigenvalue weighted by Crippen LogP contribution is -2.15. The van der Waals surface area contributed by atoms with Crippen LogP contribution in [0.25, 0.3) is 0 Å². The van der Waals surface area contributed by atoms with E-state index in [2.05, 4.69) is 12.6 Å². The number of hydrogen-bond acceptors (Lipinski definition) is 1. The Bertz CT molecular complexity index is 37.4. The number of rotatable bonds is 0. The van der Waals surface area contributed by atoms with Gasteiger partial charge in [0.2, 0.25) is 0 Å². The van der Waals surface area contributed by atoms with Gasteiger partial charge in [-0.1, -0.05) is 19.1 Å². The van der Waals surface area contributed by atoms with Gasteiger partial charge >= 0.3 is 0 Å². The van der Waals surface area contributed by atoms with E-state index in [0.29, 0.717) is 0 Å². The molecule has 0 unspecified atom stereocenters. The predicted octanol–water partition coefficient (Wildman–Crippen LogP) is 1.30. The Morgan fingerprint density at radius 1 is 0.889 bits per heavy atom. The van der Waals surface area contributed by atoms with Gasteiger partial charge in [-0.2, -0.15) is 0 Å². The van der Waals surface area contributed by atoms with E-state index in [9.17, 15) is 0 Å². The SMILES string of the molecule is [B]1CCCCNCCC1. The van der Waals surface area contributed by atoms with Gasteiger partial charge in [0.1, 0.15) is 7.28 Å². The third-order valence-electron chi connectivity index (χ3n) is 1.77. The summed E-state index contributed by atoms with van der Waals surface area (Å²) in [6.07, 6.45) is 6.72. The van der Waals surface area contributed by atoms with E-state index in [1.807, 2.05) is 0 Å². The molecule has 51 valence electrons. The van der Waals surface area contributed by atoms with Crippen LogP contribution in [0.3, 0.4) is 0 Å². The van der Waals surface area contributed by atoms with Crippen LogP contribution in [0.4, 0.5) is 0 Å². The molecule has 0 bridgehead atoms. The molecule has 1 heterocycles. The molecule has 0 atom stereocenters. The van der Waals surface area contributed by atoms with Crippen LogP contribution in [0.1, 0.15) is 19.3 Å². The molecule has 1 N–H and O–H groups in total. The lowest BCUT2D eigenvalue weighted by molar-refractivity contribution is 0.641. The lowest BCUT2D eigenvalue weighted by Gasteiger charge is -1.98. The fraction of sp³-hybridized carbons (Fsp3) is 1.00. The first-order chi connectivity index (χ1) is 4.50. The van der Waals surface area contributed by atoms with Crippen molar-refractivity contribution in [3.05, 3.63) is 0 Å². The molecule has 9 heavy (non-hydrogen) atoms. The van der Waals surface area contributed by atoms with Gasteiger partial charge in [0.05, 0.1) is 0 Å². The van der Waals surface area contributed by atoms with Gasteiger partial charge < -0.3 is 5.32 Å². The highest BCUT2D eigenvalue weighted by Gasteiger charge is 1.95. The fourth-order valence-corrected chi connectivity index (χ4v) is 1.18. The molecule has 0 aromatic carbocycles. The first kappa shape index (κ1) is 7.14. The maximum absolute atomic E-state index is 3.41. The summed E-state index contributed by atoms with van der Waals surface area (Å²) in [5.74, 6) is 0. The Kier molecular flexibility index (Phi) is 3.86. The van der Waals surface area contributed by atoms with Crippen LogP contribution in [0, 0.1) is 0 Å². The molecular weight excluding hydrogens is 109 g/mol. The van der Waals surface area contributed by atoms with Gasteiger partial charge in [0, 0.05) is 0 Å². The van der Waals surface area contributed by atoms with E-state index >= 15 is 0 Å². The predicted molar refractivity (Wildman–Crippen MR) is 42.1 cm³/mol. The molecule has 1 nitrogen and oxygen atoms in total. The summed E-state index contributed by atoms with van der Waals surface area (Å²) in [5.41, 5.74) is 0. The van der Waals surface area contributed by atoms with E-state index in [0.717, 1.165) is 0 Å². The van der Waals surface area contributed by atoms with E-state index in [-0.39, 0.29) is 0 Å². The van der Waals surface area contributed by atoms with Crippen molar-refractivity contribution < 1.29 is 0 Å². The van der Waals surface area contributed by atoms with Gasteiger partial charge in [-0.25, -0.2) is 0 Å². The average Bonchev–Trinajstić information content (AvgIpc) is 2.00. The second-order valence-corrected chi connectivity index (χ2v) is 2.68. The van der Waals surface area contributed by atoms with E-state index in [1.165, 1.54) is 45.0 Å². The summed E-state index contributed by atoms with van der Waals surface area (Å²) in [7, 11) is 2.42. The van der Waals surface area contributed by atoms with Crippen LogP contribution in [0.15, 0.2) is 0 Å². The monoisotopic (exact) mass is 124 g/mol. The van der Waals surface area contributed by atoms with E-state index < -0.39 is 0 Å². The minimum atomic E-state index is 1.22. The number of nitrogens with one attached hydrogen (secondary N) is 1. The summed E-state index contributed by atoms with van der Waals surface area (Å²) in [5, 5.41) is 3.41. The van der Waals surface area contributed by atoms with Crippen LogP contribution in [0.2, 0.25) is 12.6 Å². The molecule has 0 aromatic heterocycles. The number of hydrogen-bond donors (Lipinski definition) is 1. The molecule has 0 saturated carbocycles. The highest BCUT2D eigenvalue weighted by atomic mass is 14.8. The quantitative estimate of drug-likeness (QED) is 0.480. The second kappa shape index (κ2) is 4.86. The van der Waals surface area contributed by atoms with Crippen molar-refractivity contribution >= 4 is 7.28 Å². The third kappa shape index (κ3) is 3.58. The lowest BCUT2D eigenvalue weighted by atomic mass is 9.69. The molecule has 0 aliphatic carbocycles. The van der Waals surface area contributed by atoms with Crippen molar-refractivity contribution in [3.63, 3.8) is 0 Å². The molecule has 1 radical (unpaired) electrons. The van der Waals surface area contributed by atoms with Crippen molar-refractivity contribution in [2.24, 2.45) is 0 Å². The van der Waals surface area contributed by atoms with Gasteiger partial charge in [0.25, 0.3) is 0 Å². The van der Waals surface area contributed by atoms with Crippen molar-refractivity contribution in [1.82, 2.24) is 5.32 Å². The fourth-order valence-electron chi connectivity index (χ4n) is 1.18. The van der Waals surface area contributed by atoms with E-state index in [1.54, 1.807) is 0 Å². The van der Waals surface area contributed by atoms with Gasteiger partial charge in [-0.15, -0.1) is 0 Å². The first-order valence-corrected chi connectivity index (χ1v) is 4.02. The Morgan fingerprint density at radius 3 is 2.67 bits per heavy atom. The van der Waals surface area contributed by atoms with Crippen LogP contribution in [0.5, 0.6) is 0 Å². The van der Waals surface area contributed by atoms with E-state index in [4.69, 9.17) is 0 Å². The second-order valence-electron chi connectivity index (χ2n) is 2.68. The van der Waals surface area contributed by atoms with Crippen molar-refractivity contribution in [1.29, 1.82) is 0 Å². The first-order valence-electron chi connectivity index (χ1n) is 4.02. The van der Waals surface area contributed by atoms with Gasteiger partial charge in [-0.3, -0.25) is 0 Å². The largest absolute Gasteiger partial charge is 0.317 e. The van der Waals surface area contributed by atoms with Crippen LogP contribution in [-0.4, -0.2) is 20.4 Å². The molecule has 0 aromatic rings. The van der Waals surface area contributed by atoms with Crippen molar-refractivity contribution in [3.8, 4) is 0 Å². The summed E-state index contributed by atoms with van der Waals surface area (Å²) in [6, 6.07) is 0. The Balaban J connectivity index is 2.02. The Labute approximate surface area is 58.5 Å². The highest BCUT2D eigenvalue weighted by Crippen LogP contribution is 2.00. The maximum Gasteiger partial charge on any atom is 0.109 e. The van der Waals surface area contributed by atoms with Crippen molar-refractivity contribution in [2.45, 2.75) is 31.9 Å². The molecular formula is C7H15BN. The molecule has 1 aliphatic rings.